The molecule has 94 valence electrons. The molecule has 0 saturated carbocycles. The smallest absolute Gasteiger partial charge is 0.143 e. The van der Waals surface area contributed by atoms with Gasteiger partial charge in [-0.1, -0.05) is 20.3 Å². The lowest BCUT2D eigenvalue weighted by atomic mass is 10.1. The number of nitrogens with zero attached hydrogens (tertiary/aromatic N) is 1. The van der Waals surface area contributed by atoms with E-state index in [4.69, 9.17) is 9.90 Å². The number of carbonyl (C=O) groups excluding carboxylic acids is 1. The minimum Gasteiger partial charge on any atom is -0.550 e. The van der Waals surface area contributed by atoms with Crippen molar-refractivity contribution in [2.75, 3.05) is 13.1 Å². The van der Waals surface area contributed by atoms with E-state index < -0.39 is 5.97 Å². The van der Waals surface area contributed by atoms with Crippen molar-refractivity contribution in [3.8, 4) is 0 Å². The second-order valence-corrected chi connectivity index (χ2v) is 4.34. The van der Waals surface area contributed by atoms with Gasteiger partial charge >= 0.3 is 0 Å². The Bertz CT molecular complexity index is 220. The average molecular weight is 227 g/mol. The van der Waals surface area contributed by atoms with E-state index in [0.29, 0.717) is 0 Å². The highest BCUT2D eigenvalue weighted by Gasteiger charge is 2.19. The maximum atomic E-state index is 8.89. The van der Waals surface area contributed by atoms with Crippen molar-refractivity contribution >= 4 is 12.2 Å². The fraction of sp³-hybridized carbons (Fsp3) is 0.846. The standard InChI is InChI=1S/C11H22N.C2H4O2/c1-3-5-6-8-12-9-7-11(4-2)10-12;1-2(3)4/h10-11H,3-9H2,1-2H3;1H3,(H,3,4)/q+1;/p-1. The van der Waals surface area contributed by atoms with Gasteiger partial charge in [-0.25, -0.2) is 4.58 Å². The fourth-order valence-electron chi connectivity index (χ4n) is 1.84. The molecule has 0 bridgehead atoms. The summed E-state index contributed by atoms with van der Waals surface area (Å²) in [5, 5.41) is 8.89. The monoisotopic (exact) mass is 227 g/mol. The number of hydrogen-bond donors (Lipinski definition) is 0. The van der Waals surface area contributed by atoms with E-state index in [0.717, 1.165) is 12.8 Å². The van der Waals surface area contributed by atoms with E-state index in [9.17, 15) is 0 Å². The zero-order valence-electron chi connectivity index (χ0n) is 10.9. The van der Waals surface area contributed by atoms with Crippen LogP contribution in [0.25, 0.3) is 0 Å². The Balaban J connectivity index is 0.000000487. The summed E-state index contributed by atoms with van der Waals surface area (Å²) in [6.45, 7) is 8.13. The highest BCUT2D eigenvalue weighted by Crippen LogP contribution is 2.11. The molecule has 0 spiro atoms. The lowest BCUT2D eigenvalue weighted by Gasteiger charge is -1.95. The summed E-state index contributed by atoms with van der Waals surface area (Å²) in [5.74, 6) is -0.202. The summed E-state index contributed by atoms with van der Waals surface area (Å²) in [6, 6.07) is 0. The van der Waals surface area contributed by atoms with Gasteiger partial charge in [0.25, 0.3) is 0 Å². The van der Waals surface area contributed by atoms with Crippen LogP contribution in [0.1, 0.15) is 52.9 Å². The van der Waals surface area contributed by atoms with Crippen LogP contribution in [0, 0.1) is 5.92 Å². The van der Waals surface area contributed by atoms with Crippen molar-refractivity contribution in [2.24, 2.45) is 5.92 Å². The number of carboxylic acid groups (broad SMARTS) is 1. The average Bonchev–Trinajstić information content (AvgIpc) is 2.65. The molecule has 1 rings (SSSR count). The minimum absolute atomic E-state index is 0.881. The van der Waals surface area contributed by atoms with Gasteiger partial charge in [0.2, 0.25) is 0 Å². The highest BCUT2D eigenvalue weighted by atomic mass is 16.4. The van der Waals surface area contributed by atoms with E-state index in [1.165, 1.54) is 45.2 Å². The molecule has 1 aliphatic rings. The molecule has 0 N–H and O–H groups in total. The molecule has 0 aliphatic carbocycles. The summed E-state index contributed by atoms with van der Waals surface area (Å²) < 4.78 is 2.52. The number of unbranched alkanes of at least 4 members (excludes halogenated alkanes) is 2. The summed E-state index contributed by atoms with van der Waals surface area (Å²) in [4.78, 5) is 8.89. The van der Waals surface area contributed by atoms with Crippen LogP contribution in [0.4, 0.5) is 0 Å². The molecule has 1 aliphatic heterocycles. The van der Waals surface area contributed by atoms with Crippen molar-refractivity contribution in [2.45, 2.75) is 52.9 Å². The molecule has 16 heavy (non-hydrogen) atoms. The summed E-state index contributed by atoms with van der Waals surface area (Å²) in [5.41, 5.74) is 0. The van der Waals surface area contributed by atoms with Gasteiger partial charge in [0.05, 0.1) is 0 Å². The molecular formula is C13H25NO2. The maximum absolute atomic E-state index is 8.89. The molecule has 1 heterocycles. The normalized spacial score (nSPS) is 18.7. The van der Waals surface area contributed by atoms with Crippen LogP contribution in [-0.2, 0) is 4.79 Å². The first-order chi connectivity index (χ1) is 7.60. The molecule has 0 fully saturated rings. The minimum atomic E-state index is -1.08. The predicted molar refractivity (Wildman–Crippen MR) is 64.7 cm³/mol. The van der Waals surface area contributed by atoms with Crippen molar-refractivity contribution in [1.29, 1.82) is 0 Å². The molecule has 0 radical (unpaired) electrons. The Morgan fingerprint density at radius 2 is 2.06 bits per heavy atom. The van der Waals surface area contributed by atoms with Gasteiger partial charge < -0.3 is 9.90 Å². The number of hydrogen-bond acceptors (Lipinski definition) is 2. The molecule has 0 aromatic rings. The van der Waals surface area contributed by atoms with Crippen LogP contribution in [0.3, 0.4) is 0 Å². The van der Waals surface area contributed by atoms with E-state index in [2.05, 4.69) is 24.6 Å². The molecule has 1 atom stereocenters. The molecule has 3 nitrogen and oxygen atoms in total. The third-order valence-corrected chi connectivity index (χ3v) is 2.78. The van der Waals surface area contributed by atoms with Gasteiger partial charge in [-0.05, 0) is 19.8 Å². The first-order valence-electron chi connectivity index (χ1n) is 6.36. The van der Waals surface area contributed by atoms with Crippen LogP contribution >= 0.6 is 0 Å². The van der Waals surface area contributed by atoms with E-state index >= 15 is 0 Å². The van der Waals surface area contributed by atoms with Gasteiger partial charge in [0.15, 0.2) is 0 Å². The van der Waals surface area contributed by atoms with Crippen molar-refractivity contribution < 1.29 is 14.5 Å². The molecule has 1 unspecified atom stereocenters. The third kappa shape index (κ3) is 8.45. The van der Waals surface area contributed by atoms with Gasteiger partial charge in [0, 0.05) is 24.7 Å². The SMILES string of the molecule is CC(=O)[O-].CCCCC[N+]1=CC(CC)CC1. The lowest BCUT2D eigenvalue weighted by molar-refractivity contribution is -0.516. The first kappa shape index (κ1) is 15.1. The second-order valence-electron chi connectivity index (χ2n) is 4.34. The Hall–Kier alpha value is -0.860. The van der Waals surface area contributed by atoms with Crippen molar-refractivity contribution in [3.05, 3.63) is 0 Å². The van der Waals surface area contributed by atoms with Crippen LogP contribution in [0.15, 0.2) is 0 Å². The largest absolute Gasteiger partial charge is 0.550 e. The fourth-order valence-corrected chi connectivity index (χ4v) is 1.84. The Morgan fingerprint density at radius 1 is 1.44 bits per heavy atom. The Kier molecular flexibility index (Phi) is 8.87. The van der Waals surface area contributed by atoms with E-state index in [1.807, 2.05) is 0 Å². The van der Waals surface area contributed by atoms with Crippen LogP contribution in [0.5, 0.6) is 0 Å². The zero-order valence-corrected chi connectivity index (χ0v) is 10.9. The quantitative estimate of drug-likeness (QED) is 0.527. The predicted octanol–water partition coefficient (Wildman–Crippen LogP) is 1.45. The summed E-state index contributed by atoms with van der Waals surface area (Å²) >= 11 is 0. The molecular weight excluding hydrogens is 202 g/mol. The van der Waals surface area contributed by atoms with Crippen LogP contribution in [0.2, 0.25) is 0 Å². The number of carboxylic acids is 1. The van der Waals surface area contributed by atoms with Crippen LogP contribution in [-0.4, -0.2) is 29.8 Å². The maximum Gasteiger partial charge on any atom is 0.143 e. The zero-order chi connectivity index (χ0) is 12.4. The van der Waals surface area contributed by atoms with Gasteiger partial charge in [-0.3, -0.25) is 0 Å². The Labute approximate surface area is 99.2 Å². The topological polar surface area (TPSA) is 43.1 Å². The van der Waals surface area contributed by atoms with Gasteiger partial charge in [0.1, 0.15) is 19.3 Å². The van der Waals surface area contributed by atoms with Crippen LogP contribution < -0.4 is 5.11 Å². The molecule has 0 aromatic carbocycles. The highest BCUT2D eigenvalue weighted by molar-refractivity contribution is 5.60. The second kappa shape index (κ2) is 9.37. The summed E-state index contributed by atoms with van der Waals surface area (Å²) in [6.07, 6.45) is 9.28. The van der Waals surface area contributed by atoms with Gasteiger partial charge in [-0.15, -0.1) is 0 Å². The Morgan fingerprint density at radius 3 is 2.50 bits per heavy atom. The first-order valence-corrected chi connectivity index (χ1v) is 6.36. The third-order valence-electron chi connectivity index (χ3n) is 2.78. The van der Waals surface area contributed by atoms with Crippen molar-refractivity contribution in [3.63, 3.8) is 0 Å². The van der Waals surface area contributed by atoms with Crippen molar-refractivity contribution in [1.82, 2.24) is 0 Å². The number of aliphatic carboxylic acids is 1. The lowest BCUT2D eigenvalue weighted by Crippen LogP contribution is -2.16. The molecule has 0 saturated heterocycles. The number of carbonyl (C=O) groups is 1. The molecule has 3 heteroatoms. The molecule has 0 amide bonds. The number of rotatable bonds is 5. The summed E-state index contributed by atoms with van der Waals surface area (Å²) in [7, 11) is 0. The van der Waals surface area contributed by atoms with E-state index in [1.54, 1.807) is 0 Å². The molecule has 0 aromatic heterocycles. The van der Waals surface area contributed by atoms with Gasteiger partial charge in [-0.2, -0.15) is 0 Å². The van der Waals surface area contributed by atoms with E-state index in [-0.39, 0.29) is 0 Å².